The van der Waals surface area contributed by atoms with Gasteiger partial charge in [0.2, 0.25) is 0 Å². The van der Waals surface area contributed by atoms with Crippen LogP contribution in [0.2, 0.25) is 0 Å². The molecule has 1 heterocycles. The number of hydrogen-bond donors (Lipinski definition) is 1. The molecule has 1 fully saturated rings. The van der Waals surface area contributed by atoms with Gasteiger partial charge in [-0.3, -0.25) is 0 Å². The first-order valence-electron chi connectivity index (χ1n) is 9.36. The van der Waals surface area contributed by atoms with Crippen molar-refractivity contribution in [2.24, 2.45) is 0 Å². The van der Waals surface area contributed by atoms with Gasteiger partial charge in [0.25, 0.3) is 0 Å². The third kappa shape index (κ3) is 18.3. The van der Waals surface area contributed by atoms with Crippen LogP contribution >= 0.6 is 0 Å². The maximum atomic E-state index is 9.29. The van der Waals surface area contributed by atoms with Gasteiger partial charge >= 0.3 is 43.7 Å². The quantitative estimate of drug-likeness (QED) is 0.157. The number of rotatable bonds is 16. The smallest absolute Gasteiger partial charge is 1.00 e. The van der Waals surface area contributed by atoms with E-state index in [2.05, 4.69) is 16.7 Å². The summed E-state index contributed by atoms with van der Waals surface area (Å²) in [6.45, 7) is 2.28. The summed E-state index contributed by atoms with van der Waals surface area (Å²) in [6.07, 6.45) is 21.0. The van der Waals surface area contributed by atoms with E-state index in [1.165, 1.54) is 89.9 Å². The van der Waals surface area contributed by atoms with E-state index >= 15 is 0 Å². The predicted molar refractivity (Wildman–Crippen MR) is 94.6 cm³/mol. The average Bonchev–Trinajstić information content (AvgIpc) is 3.21. The molecule has 1 aliphatic heterocycles. The van der Waals surface area contributed by atoms with Gasteiger partial charge in [-0.15, -0.1) is 0 Å². The summed E-state index contributed by atoms with van der Waals surface area (Å²) >= 11 is 0. The standard InChI is InChI=1S/C18H36O3.Ca.Mn.2H/c1-2-3-4-5-6-7-8-9-10-11-12-13-14-15-16-17-18(19)20-21-18;;;;/h19H,2-17H2,1H3;;;;/q;+2;;2*-1. The van der Waals surface area contributed by atoms with Crippen LogP contribution in [0.3, 0.4) is 0 Å². The minimum absolute atomic E-state index is 0. The van der Waals surface area contributed by atoms with Crippen LogP contribution in [-0.4, -0.2) is 48.8 Å². The predicted octanol–water partition coefficient (Wildman–Crippen LogP) is 5.70. The molecule has 1 saturated heterocycles. The van der Waals surface area contributed by atoms with E-state index in [4.69, 9.17) is 0 Å². The zero-order chi connectivity index (χ0) is 15.2. The molecule has 1 N–H and O–H groups in total. The SMILES string of the molecule is CCCCCCCCCCCCCCCCCC1(O)OO1.[Ca+2].[H-].[H-].[Mn]. The van der Waals surface area contributed by atoms with Crippen molar-refractivity contribution in [1.82, 2.24) is 0 Å². The van der Waals surface area contributed by atoms with Crippen LogP contribution in [0.4, 0.5) is 0 Å². The topological polar surface area (TPSA) is 45.3 Å². The van der Waals surface area contributed by atoms with Crippen molar-refractivity contribution >= 4 is 37.7 Å². The maximum Gasteiger partial charge on any atom is 2.00 e. The van der Waals surface area contributed by atoms with Gasteiger partial charge in [0, 0.05) is 23.5 Å². The molecular weight excluding hydrogens is 359 g/mol. The summed E-state index contributed by atoms with van der Waals surface area (Å²) in [5.41, 5.74) is 0. The van der Waals surface area contributed by atoms with Gasteiger partial charge < -0.3 is 7.96 Å². The summed E-state index contributed by atoms with van der Waals surface area (Å²) < 4.78 is 0. The molecule has 1 aliphatic rings. The van der Waals surface area contributed by atoms with E-state index in [-0.39, 0.29) is 57.7 Å². The Hall–Kier alpha value is 1.66. The average molecular weight is 398 g/mol. The van der Waals surface area contributed by atoms with Crippen molar-refractivity contribution in [3.63, 3.8) is 0 Å². The van der Waals surface area contributed by atoms with E-state index in [9.17, 15) is 5.11 Å². The third-order valence-corrected chi connectivity index (χ3v) is 4.37. The monoisotopic (exact) mass is 397 g/mol. The molecule has 5 heteroatoms. The fourth-order valence-electron chi connectivity index (χ4n) is 2.85. The largest absolute Gasteiger partial charge is 2.00 e. The Bertz CT molecular complexity index is 248. The fourth-order valence-corrected chi connectivity index (χ4v) is 2.85. The molecule has 23 heavy (non-hydrogen) atoms. The van der Waals surface area contributed by atoms with Gasteiger partial charge in [0.05, 0.1) is 0 Å². The van der Waals surface area contributed by atoms with Crippen LogP contribution in [-0.2, 0) is 26.8 Å². The third-order valence-electron chi connectivity index (χ3n) is 4.37. The van der Waals surface area contributed by atoms with Gasteiger partial charge in [-0.1, -0.05) is 96.8 Å². The summed E-state index contributed by atoms with van der Waals surface area (Å²) in [4.78, 5) is 8.94. The molecule has 0 aliphatic carbocycles. The van der Waals surface area contributed by atoms with Crippen LogP contribution in [0.25, 0.3) is 0 Å². The number of aliphatic hydroxyl groups is 1. The first kappa shape index (κ1) is 26.9. The molecule has 1 radical (unpaired) electrons. The van der Waals surface area contributed by atoms with Crippen molar-refractivity contribution < 1.29 is 34.8 Å². The van der Waals surface area contributed by atoms with Crippen molar-refractivity contribution in [1.29, 1.82) is 0 Å². The van der Waals surface area contributed by atoms with Gasteiger partial charge in [0.15, 0.2) is 0 Å². The van der Waals surface area contributed by atoms with Crippen LogP contribution in [0.15, 0.2) is 0 Å². The Labute approximate surface area is 187 Å². The van der Waals surface area contributed by atoms with E-state index < -0.39 is 5.97 Å². The van der Waals surface area contributed by atoms with Crippen LogP contribution in [0.5, 0.6) is 0 Å². The fraction of sp³-hybridized carbons (Fsp3) is 1.00. The Morgan fingerprint density at radius 3 is 1.26 bits per heavy atom. The number of hydrogen-bond acceptors (Lipinski definition) is 3. The summed E-state index contributed by atoms with van der Waals surface area (Å²) in [6, 6.07) is 0. The summed E-state index contributed by atoms with van der Waals surface area (Å²) in [7, 11) is 0. The maximum absolute atomic E-state index is 9.29. The molecule has 0 aromatic rings. The summed E-state index contributed by atoms with van der Waals surface area (Å²) in [5, 5.41) is 9.29. The van der Waals surface area contributed by atoms with Crippen molar-refractivity contribution in [2.45, 2.75) is 116 Å². The van der Waals surface area contributed by atoms with Gasteiger partial charge in [-0.05, 0) is 6.42 Å². The summed E-state index contributed by atoms with van der Waals surface area (Å²) in [5.74, 6) is -1.21. The van der Waals surface area contributed by atoms with Crippen molar-refractivity contribution in [3.8, 4) is 0 Å². The minimum Gasteiger partial charge on any atom is -1.00 e. The van der Waals surface area contributed by atoms with Gasteiger partial charge in [0.1, 0.15) is 0 Å². The molecule has 137 valence electrons. The van der Waals surface area contributed by atoms with E-state index in [1.54, 1.807) is 0 Å². The van der Waals surface area contributed by atoms with Gasteiger partial charge in [-0.25, -0.2) is 0 Å². The second-order valence-electron chi connectivity index (χ2n) is 6.58. The molecule has 0 saturated carbocycles. The van der Waals surface area contributed by atoms with Gasteiger partial charge in [-0.2, -0.15) is 9.78 Å². The van der Waals surface area contributed by atoms with Crippen LogP contribution < -0.4 is 0 Å². The first-order chi connectivity index (χ1) is 10.3. The molecule has 0 unspecified atom stereocenters. The Kier molecular flexibility index (Phi) is 21.6. The van der Waals surface area contributed by atoms with Crippen LogP contribution in [0, 0.1) is 0 Å². The molecule has 0 amide bonds. The second-order valence-corrected chi connectivity index (χ2v) is 6.58. The Morgan fingerprint density at radius 2 is 0.957 bits per heavy atom. The molecule has 0 aromatic carbocycles. The molecular formula is C18H38CaMnO3. The molecule has 1 rings (SSSR count). The Balaban J connectivity index is -0.000000551. The zero-order valence-corrected chi connectivity index (χ0v) is 18.6. The number of unbranched alkanes of at least 4 members (excludes halogenated alkanes) is 14. The molecule has 0 aromatic heterocycles. The van der Waals surface area contributed by atoms with Crippen LogP contribution in [0.1, 0.15) is 113 Å². The van der Waals surface area contributed by atoms with E-state index in [1.807, 2.05) is 0 Å². The first-order valence-corrected chi connectivity index (χ1v) is 9.36. The van der Waals surface area contributed by atoms with E-state index in [0.29, 0.717) is 6.42 Å². The molecule has 0 bridgehead atoms. The Morgan fingerprint density at radius 1 is 0.652 bits per heavy atom. The normalized spacial score (nSPS) is 14.9. The second kappa shape index (κ2) is 18.5. The molecule has 0 spiro atoms. The minimum atomic E-state index is -1.21. The van der Waals surface area contributed by atoms with Crippen molar-refractivity contribution in [2.75, 3.05) is 0 Å². The van der Waals surface area contributed by atoms with Crippen molar-refractivity contribution in [3.05, 3.63) is 0 Å². The zero-order valence-electron chi connectivity index (χ0n) is 17.2. The molecule has 0 atom stereocenters. The van der Waals surface area contributed by atoms with E-state index in [0.717, 1.165) is 6.42 Å². The molecule has 3 nitrogen and oxygen atoms in total.